The molecule has 0 atom stereocenters. The molecule has 2 heterocycles. The summed E-state index contributed by atoms with van der Waals surface area (Å²) in [5.41, 5.74) is 7.10. The first-order valence-corrected chi connectivity index (χ1v) is 4.39. The molecule has 2 N–H and O–H groups in total. The van der Waals surface area contributed by atoms with Crippen molar-refractivity contribution in [2.45, 2.75) is 0 Å². The Morgan fingerprint density at radius 2 is 2.13 bits per heavy atom. The summed E-state index contributed by atoms with van der Waals surface area (Å²) in [7, 11) is 1.58. The summed E-state index contributed by atoms with van der Waals surface area (Å²) < 4.78 is 5.19. The molecule has 0 radical (unpaired) electrons. The number of nitrogens with zero attached hydrogens (tertiary/aromatic N) is 3. The first-order valence-electron chi connectivity index (χ1n) is 4.39. The summed E-state index contributed by atoms with van der Waals surface area (Å²) >= 11 is 0. The van der Waals surface area contributed by atoms with Crippen LogP contribution in [0.1, 0.15) is 0 Å². The van der Waals surface area contributed by atoms with E-state index in [-0.39, 0.29) is 0 Å². The Kier molecular flexibility index (Phi) is 2.45. The lowest BCUT2D eigenvalue weighted by Crippen LogP contribution is -1.98. The minimum atomic E-state index is 0.384. The third kappa shape index (κ3) is 1.71. The number of nitrogen functional groups attached to an aromatic ring is 1. The summed E-state index contributed by atoms with van der Waals surface area (Å²) in [5, 5.41) is 7.76. The maximum absolute atomic E-state index is 5.77. The number of nitrogens with two attached hydrogens (primary N) is 1. The summed E-state index contributed by atoms with van der Waals surface area (Å²) in [5.74, 6) is 1.03. The Hall–Kier alpha value is -2.17. The molecule has 0 saturated carbocycles. The van der Waals surface area contributed by atoms with Gasteiger partial charge < -0.3 is 10.5 Å². The summed E-state index contributed by atoms with van der Waals surface area (Å²) in [6.45, 7) is 0. The number of pyridine rings is 1. The molecule has 5 heteroatoms. The van der Waals surface area contributed by atoms with Crippen LogP contribution < -0.4 is 10.5 Å². The first-order chi connectivity index (χ1) is 7.33. The minimum absolute atomic E-state index is 0.384. The number of hydrogen-bond donors (Lipinski definition) is 1. The van der Waals surface area contributed by atoms with Gasteiger partial charge in [0.2, 0.25) is 0 Å². The van der Waals surface area contributed by atoms with Crippen molar-refractivity contribution < 1.29 is 4.74 Å². The molecule has 76 valence electrons. The van der Waals surface area contributed by atoms with Gasteiger partial charge in [0, 0.05) is 12.4 Å². The third-order valence-electron chi connectivity index (χ3n) is 1.99. The first kappa shape index (κ1) is 9.39. The molecule has 2 aromatic heterocycles. The maximum atomic E-state index is 5.77. The average molecular weight is 202 g/mol. The van der Waals surface area contributed by atoms with E-state index in [1.165, 1.54) is 0 Å². The van der Waals surface area contributed by atoms with Crippen molar-refractivity contribution in [3.8, 4) is 17.0 Å². The molecule has 0 aromatic carbocycles. The van der Waals surface area contributed by atoms with Crippen LogP contribution in [0, 0.1) is 0 Å². The Bertz CT molecular complexity index is 458. The van der Waals surface area contributed by atoms with Crippen LogP contribution in [0.2, 0.25) is 0 Å². The number of methoxy groups -OCH3 is 1. The van der Waals surface area contributed by atoms with Gasteiger partial charge in [0.05, 0.1) is 12.7 Å². The average Bonchev–Trinajstić information content (AvgIpc) is 2.29. The quantitative estimate of drug-likeness (QED) is 0.790. The lowest BCUT2D eigenvalue weighted by molar-refractivity contribution is 0.416. The summed E-state index contributed by atoms with van der Waals surface area (Å²) in [6, 6.07) is 5.33. The monoisotopic (exact) mass is 202 g/mol. The molecular formula is C10H10N4O. The second kappa shape index (κ2) is 3.91. The fraction of sp³-hybridized carbons (Fsp3) is 0.100. The van der Waals surface area contributed by atoms with Crippen LogP contribution in [0.5, 0.6) is 5.75 Å². The highest BCUT2D eigenvalue weighted by molar-refractivity contribution is 5.76. The van der Waals surface area contributed by atoms with Gasteiger partial charge in [-0.3, -0.25) is 0 Å². The van der Waals surface area contributed by atoms with Gasteiger partial charge in [-0.05, 0) is 18.2 Å². The molecule has 0 spiro atoms. The number of rotatable bonds is 2. The number of aromatic nitrogens is 3. The molecule has 0 aliphatic heterocycles. The standard InChI is InChI=1S/C10H10N4O/c1-15-8-4-6-12-10(11)9(8)7-3-2-5-13-14-7/h2-6H,1H3,(H2,11,12). The van der Waals surface area contributed by atoms with E-state index in [0.717, 1.165) is 0 Å². The van der Waals surface area contributed by atoms with E-state index < -0.39 is 0 Å². The predicted molar refractivity (Wildman–Crippen MR) is 56.2 cm³/mol. The molecule has 0 unspecified atom stereocenters. The zero-order chi connectivity index (χ0) is 10.7. The SMILES string of the molecule is COc1ccnc(N)c1-c1cccnn1. The lowest BCUT2D eigenvalue weighted by Gasteiger charge is -2.08. The molecule has 2 rings (SSSR count). The van der Waals surface area contributed by atoms with Crippen molar-refractivity contribution in [2.75, 3.05) is 12.8 Å². The van der Waals surface area contributed by atoms with Gasteiger partial charge in [-0.2, -0.15) is 10.2 Å². The Morgan fingerprint density at radius 3 is 2.80 bits per heavy atom. The van der Waals surface area contributed by atoms with Gasteiger partial charge in [0.15, 0.2) is 0 Å². The van der Waals surface area contributed by atoms with Gasteiger partial charge in [0.25, 0.3) is 0 Å². The number of ether oxygens (including phenoxy) is 1. The van der Waals surface area contributed by atoms with Gasteiger partial charge in [0.1, 0.15) is 17.3 Å². The van der Waals surface area contributed by atoms with Crippen molar-refractivity contribution in [3.05, 3.63) is 30.6 Å². The van der Waals surface area contributed by atoms with E-state index in [9.17, 15) is 0 Å². The second-order valence-corrected chi connectivity index (χ2v) is 2.88. The molecule has 0 saturated heterocycles. The zero-order valence-electron chi connectivity index (χ0n) is 8.21. The Labute approximate surface area is 86.9 Å². The van der Waals surface area contributed by atoms with Crippen molar-refractivity contribution in [1.82, 2.24) is 15.2 Å². The lowest BCUT2D eigenvalue weighted by atomic mass is 10.1. The normalized spacial score (nSPS) is 9.93. The number of hydrogen-bond acceptors (Lipinski definition) is 5. The molecule has 0 fully saturated rings. The van der Waals surface area contributed by atoms with Crippen LogP contribution in [0.3, 0.4) is 0 Å². The van der Waals surface area contributed by atoms with Crippen LogP contribution in [0.25, 0.3) is 11.3 Å². The van der Waals surface area contributed by atoms with Crippen molar-refractivity contribution in [3.63, 3.8) is 0 Å². The van der Waals surface area contributed by atoms with E-state index in [2.05, 4.69) is 15.2 Å². The Balaban J connectivity index is 2.61. The van der Waals surface area contributed by atoms with E-state index in [1.807, 2.05) is 6.07 Å². The highest BCUT2D eigenvalue weighted by atomic mass is 16.5. The van der Waals surface area contributed by atoms with Crippen LogP contribution in [0.15, 0.2) is 30.6 Å². The molecule has 0 aliphatic carbocycles. The van der Waals surface area contributed by atoms with Crippen molar-refractivity contribution in [2.24, 2.45) is 0 Å². The van der Waals surface area contributed by atoms with Crippen LogP contribution >= 0.6 is 0 Å². The highest BCUT2D eigenvalue weighted by Crippen LogP contribution is 2.31. The fourth-order valence-corrected chi connectivity index (χ4v) is 1.32. The van der Waals surface area contributed by atoms with Crippen LogP contribution in [-0.2, 0) is 0 Å². The molecule has 2 aromatic rings. The molecule has 0 amide bonds. The largest absolute Gasteiger partial charge is 0.496 e. The van der Waals surface area contributed by atoms with Crippen molar-refractivity contribution in [1.29, 1.82) is 0 Å². The summed E-state index contributed by atoms with van der Waals surface area (Å²) in [4.78, 5) is 3.99. The van der Waals surface area contributed by atoms with E-state index >= 15 is 0 Å². The number of anilines is 1. The van der Waals surface area contributed by atoms with Gasteiger partial charge in [-0.25, -0.2) is 4.98 Å². The van der Waals surface area contributed by atoms with E-state index in [1.54, 1.807) is 31.6 Å². The van der Waals surface area contributed by atoms with E-state index in [0.29, 0.717) is 22.8 Å². The molecule has 15 heavy (non-hydrogen) atoms. The van der Waals surface area contributed by atoms with Crippen LogP contribution in [-0.4, -0.2) is 22.3 Å². The molecule has 5 nitrogen and oxygen atoms in total. The molecule has 0 aliphatic rings. The van der Waals surface area contributed by atoms with E-state index in [4.69, 9.17) is 10.5 Å². The fourth-order valence-electron chi connectivity index (χ4n) is 1.32. The highest BCUT2D eigenvalue weighted by Gasteiger charge is 2.11. The molecular weight excluding hydrogens is 192 g/mol. The zero-order valence-corrected chi connectivity index (χ0v) is 8.21. The smallest absolute Gasteiger partial charge is 0.136 e. The Morgan fingerprint density at radius 1 is 1.27 bits per heavy atom. The van der Waals surface area contributed by atoms with Crippen molar-refractivity contribution >= 4 is 5.82 Å². The minimum Gasteiger partial charge on any atom is -0.496 e. The third-order valence-corrected chi connectivity index (χ3v) is 1.99. The predicted octanol–water partition coefficient (Wildman–Crippen LogP) is 1.13. The topological polar surface area (TPSA) is 73.9 Å². The molecule has 0 bridgehead atoms. The second-order valence-electron chi connectivity index (χ2n) is 2.88. The van der Waals surface area contributed by atoms with Gasteiger partial charge in [-0.1, -0.05) is 0 Å². The van der Waals surface area contributed by atoms with Gasteiger partial charge in [-0.15, -0.1) is 0 Å². The van der Waals surface area contributed by atoms with Crippen LogP contribution in [0.4, 0.5) is 5.82 Å². The maximum Gasteiger partial charge on any atom is 0.136 e. The van der Waals surface area contributed by atoms with Gasteiger partial charge >= 0.3 is 0 Å². The summed E-state index contributed by atoms with van der Waals surface area (Å²) in [6.07, 6.45) is 3.19.